The van der Waals surface area contributed by atoms with Gasteiger partial charge in [-0.05, 0) is 12.5 Å². The summed E-state index contributed by atoms with van der Waals surface area (Å²) in [5.74, 6) is -8.19. The molecule has 1 rings (SSSR count). The van der Waals surface area contributed by atoms with E-state index in [9.17, 15) is 26.6 Å². The second-order valence-corrected chi connectivity index (χ2v) is 5.03. The topological polar surface area (TPSA) is 98.2 Å². The van der Waals surface area contributed by atoms with Gasteiger partial charge in [-0.1, -0.05) is 11.7 Å². The van der Waals surface area contributed by atoms with Crippen molar-refractivity contribution in [2.45, 2.75) is 6.92 Å². The minimum atomic E-state index is -1.93. The van der Waals surface area contributed by atoms with Crippen LogP contribution in [0, 0.1) is 23.3 Å². The van der Waals surface area contributed by atoms with Crippen LogP contribution >= 0.6 is 0 Å². The number of carbonyl (C=O) groups excluding carboxylic acids is 1. The van der Waals surface area contributed by atoms with Crippen molar-refractivity contribution in [3.63, 3.8) is 0 Å². The molecule has 0 radical (unpaired) electrons. The molecule has 0 atom stereocenters. The molecule has 24 heavy (non-hydrogen) atoms. The zero-order chi connectivity index (χ0) is 18.4. The van der Waals surface area contributed by atoms with Crippen LogP contribution in [0.3, 0.4) is 0 Å². The highest BCUT2D eigenvalue weighted by atomic mass is 32.2. The number of thiol groups is 1. The SMILES string of the molecule is C=C(C)C(=O)NCCN([SH]=O)c1c(F)c(F)c(N=[N+]=[N-])c(F)c1F. The van der Waals surface area contributed by atoms with Crippen molar-refractivity contribution in [2.24, 2.45) is 5.11 Å². The Labute approximate surface area is 137 Å². The van der Waals surface area contributed by atoms with Gasteiger partial charge in [-0.25, -0.2) is 21.8 Å². The van der Waals surface area contributed by atoms with Crippen LogP contribution in [0.2, 0.25) is 0 Å². The van der Waals surface area contributed by atoms with Gasteiger partial charge in [0.05, 0.1) is 0 Å². The lowest BCUT2D eigenvalue weighted by Gasteiger charge is -2.20. The van der Waals surface area contributed by atoms with Crippen molar-refractivity contribution in [1.29, 1.82) is 0 Å². The molecule has 0 fully saturated rings. The molecular weight excluding hydrogens is 354 g/mol. The van der Waals surface area contributed by atoms with Crippen LogP contribution in [0.15, 0.2) is 17.3 Å². The molecule has 0 spiro atoms. The van der Waals surface area contributed by atoms with Crippen LogP contribution in [0.25, 0.3) is 10.4 Å². The highest BCUT2D eigenvalue weighted by Gasteiger charge is 2.28. The van der Waals surface area contributed by atoms with Crippen molar-refractivity contribution in [3.8, 4) is 0 Å². The first-order valence-electron chi connectivity index (χ1n) is 6.21. The maximum atomic E-state index is 13.9. The van der Waals surface area contributed by atoms with E-state index in [0.29, 0.717) is 4.31 Å². The normalized spacial score (nSPS) is 10.0. The van der Waals surface area contributed by atoms with Gasteiger partial charge in [0.15, 0.2) is 23.3 Å². The molecule has 0 bridgehead atoms. The lowest BCUT2D eigenvalue weighted by atomic mass is 10.2. The first-order valence-corrected chi connectivity index (χ1v) is 6.98. The van der Waals surface area contributed by atoms with E-state index in [1.54, 1.807) is 0 Å². The number of nitrogens with one attached hydrogen (secondary N) is 1. The summed E-state index contributed by atoms with van der Waals surface area (Å²) in [6, 6.07) is 0. The Hall–Kier alpha value is -2.59. The van der Waals surface area contributed by atoms with Gasteiger partial charge >= 0.3 is 0 Å². The van der Waals surface area contributed by atoms with Gasteiger partial charge in [0, 0.05) is 23.6 Å². The predicted octanol–water partition coefficient (Wildman–Crippen LogP) is 2.54. The van der Waals surface area contributed by atoms with E-state index in [1.165, 1.54) is 6.92 Å². The minimum Gasteiger partial charge on any atom is -0.351 e. The summed E-state index contributed by atoms with van der Waals surface area (Å²) in [5, 5.41) is 4.84. The van der Waals surface area contributed by atoms with E-state index in [4.69, 9.17) is 5.53 Å². The zero-order valence-corrected chi connectivity index (χ0v) is 13.1. The zero-order valence-electron chi connectivity index (χ0n) is 12.2. The highest BCUT2D eigenvalue weighted by molar-refractivity contribution is 7.67. The smallest absolute Gasteiger partial charge is 0.246 e. The first kappa shape index (κ1) is 19.5. The number of carbonyl (C=O) groups is 1. The van der Waals surface area contributed by atoms with Crippen molar-refractivity contribution < 1.29 is 26.6 Å². The largest absolute Gasteiger partial charge is 0.351 e. The third-order valence-corrected chi connectivity index (χ3v) is 3.31. The number of azide groups is 1. The van der Waals surface area contributed by atoms with Crippen LogP contribution in [0.5, 0.6) is 0 Å². The van der Waals surface area contributed by atoms with Crippen LogP contribution in [-0.4, -0.2) is 23.2 Å². The molecule has 7 nitrogen and oxygen atoms in total. The molecule has 1 aromatic carbocycles. The Kier molecular flexibility index (Phi) is 6.74. The first-order chi connectivity index (χ1) is 11.3. The van der Waals surface area contributed by atoms with Crippen molar-refractivity contribution in [1.82, 2.24) is 5.32 Å². The molecule has 1 amide bonds. The molecule has 1 aromatic rings. The fourth-order valence-electron chi connectivity index (χ4n) is 1.59. The fourth-order valence-corrected chi connectivity index (χ4v) is 2.03. The molecule has 0 heterocycles. The third-order valence-electron chi connectivity index (χ3n) is 2.72. The van der Waals surface area contributed by atoms with E-state index in [1.807, 2.05) is 0 Å². The van der Waals surface area contributed by atoms with Crippen LogP contribution in [0.4, 0.5) is 28.9 Å². The van der Waals surface area contributed by atoms with Crippen LogP contribution in [0.1, 0.15) is 6.92 Å². The summed E-state index contributed by atoms with van der Waals surface area (Å²) in [7, 11) is 0. The molecule has 0 aliphatic carbocycles. The summed E-state index contributed by atoms with van der Waals surface area (Å²) in [5.41, 5.74) is 5.58. The predicted molar refractivity (Wildman–Crippen MR) is 79.8 cm³/mol. The lowest BCUT2D eigenvalue weighted by Crippen LogP contribution is -2.34. The number of amides is 1. The van der Waals surface area contributed by atoms with Crippen molar-refractivity contribution in [2.75, 3.05) is 17.4 Å². The number of hydrogen-bond acceptors (Lipinski definition) is 3. The third kappa shape index (κ3) is 4.03. The second kappa shape index (κ2) is 8.31. The van der Waals surface area contributed by atoms with Gasteiger partial charge in [-0.15, -0.1) is 0 Å². The lowest BCUT2D eigenvalue weighted by molar-refractivity contribution is -0.117. The van der Waals surface area contributed by atoms with Crippen LogP contribution < -0.4 is 9.62 Å². The summed E-state index contributed by atoms with van der Waals surface area (Å²) < 4.78 is 66.7. The monoisotopic (exact) mass is 365 g/mol. The standard InChI is InChI=1S/C12H11F4N5O2S/c1-5(2)12(22)18-3-4-21(24-23)11-8(15)6(13)10(19-20-17)7(14)9(11)16/h24H,1,3-4H2,2H3,(H,18,22). The van der Waals surface area contributed by atoms with Crippen molar-refractivity contribution in [3.05, 3.63) is 45.9 Å². The summed E-state index contributed by atoms with van der Waals surface area (Å²) in [4.78, 5) is 13.4. The number of halogens is 4. The Morgan fingerprint density at radius 1 is 1.29 bits per heavy atom. The molecule has 12 heteroatoms. The number of rotatable bonds is 7. The molecule has 1 N–H and O–H groups in total. The Morgan fingerprint density at radius 3 is 2.25 bits per heavy atom. The van der Waals surface area contributed by atoms with E-state index in [2.05, 4.69) is 21.9 Å². The van der Waals surface area contributed by atoms with Gasteiger partial charge in [-0.2, -0.15) is 0 Å². The molecule has 0 aromatic heterocycles. The van der Waals surface area contributed by atoms with Crippen LogP contribution in [-0.2, 0) is 16.6 Å². The van der Waals surface area contributed by atoms with Gasteiger partial charge < -0.3 is 5.32 Å². The Bertz CT molecular complexity index is 722. The van der Waals surface area contributed by atoms with Crippen molar-refractivity contribution >= 4 is 29.1 Å². The molecule has 0 unspecified atom stereocenters. The second-order valence-electron chi connectivity index (χ2n) is 4.38. The van der Waals surface area contributed by atoms with Gasteiger partial charge in [0.1, 0.15) is 23.2 Å². The quantitative estimate of drug-likeness (QED) is 0.148. The molecule has 0 saturated heterocycles. The van der Waals surface area contributed by atoms with Gasteiger partial charge in [0.2, 0.25) is 5.91 Å². The molecule has 130 valence electrons. The molecular formula is C12H11F4N5O2S. The highest BCUT2D eigenvalue weighted by Crippen LogP contribution is 2.35. The van der Waals surface area contributed by atoms with Gasteiger partial charge in [-0.3, -0.25) is 9.10 Å². The molecule has 0 aliphatic heterocycles. The average Bonchev–Trinajstić information content (AvgIpc) is 2.55. The fraction of sp³-hybridized carbons (Fsp3) is 0.250. The van der Waals surface area contributed by atoms with E-state index >= 15 is 0 Å². The minimum absolute atomic E-state index is 0.161. The summed E-state index contributed by atoms with van der Waals surface area (Å²) >= 11 is -0.979. The number of anilines is 1. The van der Waals surface area contributed by atoms with E-state index in [-0.39, 0.29) is 12.1 Å². The molecule has 0 saturated carbocycles. The Balaban J connectivity index is 3.18. The summed E-state index contributed by atoms with van der Waals surface area (Å²) in [6.45, 7) is 4.11. The maximum absolute atomic E-state index is 13.9. The Morgan fingerprint density at radius 2 is 1.83 bits per heavy atom. The average molecular weight is 365 g/mol. The number of hydrogen-bond donors (Lipinski definition) is 2. The molecule has 0 aliphatic rings. The maximum Gasteiger partial charge on any atom is 0.246 e. The number of nitrogens with zero attached hydrogens (tertiary/aromatic N) is 4. The van der Waals surface area contributed by atoms with Gasteiger partial charge in [0.25, 0.3) is 0 Å². The summed E-state index contributed by atoms with van der Waals surface area (Å²) in [6.07, 6.45) is 0. The van der Waals surface area contributed by atoms with E-state index < -0.39 is 58.9 Å². The van der Waals surface area contributed by atoms with E-state index in [0.717, 1.165) is 0 Å². The number of benzene rings is 1.